The summed E-state index contributed by atoms with van der Waals surface area (Å²) in [5.74, 6) is 0.00947. The molecule has 1 aliphatic rings. The van der Waals surface area contributed by atoms with Crippen molar-refractivity contribution in [3.63, 3.8) is 0 Å². The maximum absolute atomic E-state index is 12.0. The first-order valence-corrected chi connectivity index (χ1v) is 6.08. The number of carbonyl (C=O) groups excluding carboxylic acids is 1. The van der Waals surface area contributed by atoms with Crippen LogP contribution in [0, 0.1) is 19.8 Å². The fraction of sp³-hybridized carbons (Fsp3) is 0.538. The molecule has 0 saturated heterocycles. The van der Waals surface area contributed by atoms with E-state index in [0.717, 1.165) is 6.42 Å². The highest BCUT2D eigenvalue weighted by molar-refractivity contribution is 5.95. The number of carboxylic acids is 1. The van der Waals surface area contributed by atoms with Gasteiger partial charge in [0.15, 0.2) is 0 Å². The number of aliphatic carboxylic acids is 1. The molecule has 1 heterocycles. The van der Waals surface area contributed by atoms with Gasteiger partial charge in [-0.25, -0.2) is 0 Å². The number of aryl methyl sites for hydroxylation is 2. The zero-order valence-electron chi connectivity index (χ0n) is 10.5. The molecule has 1 aromatic heterocycles. The van der Waals surface area contributed by atoms with Crippen LogP contribution in [0.3, 0.4) is 0 Å². The summed E-state index contributed by atoms with van der Waals surface area (Å²) in [6, 6.07) is 1.65. The number of carboxylic acid groups (broad SMARTS) is 1. The molecule has 2 N–H and O–H groups in total. The van der Waals surface area contributed by atoms with E-state index >= 15 is 0 Å². The van der Waals surface area contributed by atoms with Gasteiger partial charge in [0.1, 0.15) is 11.5 Å². The average molecular weight is 251 g/mol. The van der Waals surface area contributed by atoms with Crippen LogP contribution in [-0.4, -0.2) is 23.0 Å². The summed E-state index contributed by atoms with van der Waals surface area (Å²) in [7, 11) is 0. The Morgan fingerprint density at radius 1 is 1.39 bits per heavy atom. The quantitative estimate of drug-likeness (QED) is 0.859. The van der Waals surface area contributed by atoms with Crippen molar-refractivity contribution in [1.82, 2.24) is 5.32 Å². The third kappa shape index (κ3) is 2.55. The number of amides is 1. The van der Waals surface area contributed by atoms with Gasteiger partial charge in [-0.15, -0.1) is 0 Å². The maximum Gasteiger partial charge on any atom is 0.306 e. The predicted octanol–water partition coefficient (Wildman–Crippen LogP) is 1.88. The Hall–Kier alpha value is -1.78. The molecule has 1 amide bonds. The Labute approximate surface area is 105 Å². The highest BCUT2D eigenvalue weighted by Gasteiger charge is 2.31. The van der Waals surface area contributed by atoms with E-state index in [1.807, 2.05) is 0 Å². The molecule has 1 aromatic rings. The zero-order chi connectivity index (χ0) is 13.3. The fourth-order valence-electron chi connectivity index (χ4n) is 2.46. The molecule has 5 nitrogen and oxygen atoms in total. The number of hydrogen-bond acceptors (Lipinski definition) is 3. The summed E-state index contributed by atoms with van der Waals surface area (Å²) in [5.41, 5.74) is 0.534. The third-order valence-corrected chi connectivity index (χ3v) is 3.40. The zero-order valence-corrected chi connectivity index (χ0v) is 10.5. The highest BCUT2D eigenvalue weighted by atomic mass is 16.4. The number of nitrogens with one attached hydrogen (secondary N) is 1. The van der Waals surface area contributed by atoms with Crippen LogP contribution < -0.4 is 5.32 Å². The first kappa shape index (κ1) is 12.7. The van der Waals surface area contributed by atoms with Crippen LogP contribution in [0.2, 0.25) is 0 Å². The van der Waals surface area contributed by atoms with Crippen LogP contribution in [0.25, 0.3) is 0 Å². The van der Waals surface area contributed by atoms with E-state index in [4.69, 9.17) is 9.52 Å². The topological polar surface area (TPSA) is 79.5 Å². The van der Waals surface area contributed by atoms with Gasteiger partial charge in [0.2, 0.25) is 0 Å². The smallest absolute Gasteiger partial charge is 0.306 e. The lowest BCUT2D eigenvalue weighted by molar-refractivity contribution is -0.141. The van der Waals surface area contributed by atoms with Crippen molar-refractivity contribution in [1.29, 1.82) is 0 Å². The summed E-state index contributed by atoms with van der Waals surface area (Å²) in [5, 5.41) is 11.8. The molecule has 0 spiro atoms. The van der Waals surface area contributed by atoms with E-state index in [-0.39, 0.29) is 17.9 Å². The van der Waals surface area contributed by atoms with Crippen molar-refractivity contribution in [2.75, 3.05) is 0 Å². The van der Waals surface area contributed by atoms with Crippen LogP contribution in [0.15, 0.2) is 10.5 Å². The summed E-state index contributed by atoms with van der Waals surface area (Å²) in [6.07, 6.45) is 1.86. The molecule has 0 unspecified atom stereocenters. The largest absolute Gasteiger partial charge is 0.481 e. The standard InChI is InChI=1S/C13H17NO4/c1-7-5-11(8(2)18-7)12(15)14-10-4-3-9(6-10)13(16)17/h5,9-10H,3-4,6H2,1-2H3,(H,14,15)(H,16,17)/t9-,10+/m0/s1. The van der Waals surface area contributed by atoms with Crippen LogP contribution in [-0.2, 0) is 4.79 Å². The lowest BCUT2D eigenvalue weighted by Gasteiger charge is -2.11. The molecule has 1 fully saturated rings. The Morgan fingerprint density at radius 2 is 2.11 bits per heavy atom. The maximum atomic E-state index is 12.0. The minimum atomic E-state index is -0.776. The van der Waals surface area contributed by atoms with Crippen LogP contribution >= 0.6 is 0 Å². The van der Waals surface area contributed by atoms with Crippen molar-refractivity contribution in [3.05, 3.63) is 23.2 Å². The second kappa shape index (κ2) is 4.84. The van der Waals surface area contributed by atoms with Crippen LogP contribution in [0.1, 0.15) is 41.1 Å². The predicted molar refractivity (Wildman–Crippen MR) is 64.4 cm³/mol. The van der Waals surface area contributed by atoms with Gasteiger partial charge in [-0.05, 0) is 39.2 Å². The lowest BCUT2D eigenvalue weighted by atomic mass is 10.1. The molecule has 0 aliphatic heterocycles. The van der Waals surface area contributed by atoms with E-state index < -0.39 is 5.97 Å². The Balaban J connectivity index is 1.97. The Bertz CT molecular complexity index is 477. The second-order valence-electron chi connectivity index (χ2n) is 4.85. The summed E-state index contributed by atoms with van der Waals surface area (Å²) in [6.45, 7) is 3.54. The molecular weight excluding hydrogens is 234 g/mol. The normalized spacial score (nSPS) is 23.0. The molecular formula is C13H17NO4. The van der Waals surface area contributed by atoms with E-state index in [1.54, 1.807) is 19.9 Å². The van der Waals surface area contributed by atoms with Crippen molar-refractivity contribution in [2.24, 2.45) is 5.92 Å². The fourth-order valence-corrected chi connectivity index (χ4v) is 2.46. The third-order valence-electron chi connectivity index (χ3n) is 3.40. The van der Waals surface area contributed by atoms with Gasteiger partial charge < -0.3 is 14.8 Å². The molecule has 98 valence electrons. The number of furan rings is 1. The molecule has 1 saturated carbocycles. The van der Waals surface area contributed by atoms with Gasteiger partial charge in [-0.3, -0.25) is 9.59 Å². The van der Waals surface area contributed by atoms with Crippen molar-refractivity contribution in [2.45, 2.75) is 39.2 Å². The summed E-state index contributed by atoms with van der Waals surface area (Å²) >= 11 is 0. The van der Waals surface area contributed by atoms with Gasteiger partial charge in [0.05, 0.1) is 11.5 Å². The van der Waals surface area contributed by atoms with E-state index in [9.17, 15) is 9.59 Å². The van der Waals surface area contributed by atoms with Gasteiger partial charge in [0, 0.05) is 6.04 Å². The first-order valence-electron chi connectivity index (χ1n) is 6.08. The lowest BCUT2D eigenvalue weighted by Crippen LogP contribution is -2.33. The molecule has 2 atom stereocenters. The highest BCUT2D eigenvalue weighted by Crippen LogP contribution is 2.26. The monoisotopic (exact) mass is 251 g/mol. The summed E-state index contributed by atoms with van der Waals surface area (Å²) in [4.78, 5) is 22.8. The van der Waals surface area contributed by atoms with E-state index in [0.29, 0.717) is 29.9 Å². The Kier molecular flexibility index (Phi) is 3.41. The van der Waals surface area contributed by atoms with Gasteiger partial charge in [-0.2, -0.15) is 0 Å². The minimum absolute atomic E-state index is 0.0480. The average Bonchev–Trinajstić information content (AvgIpc) is 2.85. The second-order valence-corrected chi connectivity index (χ2v) is 4.85. The molecule has 5 heteroatoms. The van der Waals surface area contributed by atoms with Gasteiger partial charge in [0.25, 0.3) is 5.91 Å². The van der Waals surface area contributed by atoms with Crippen molar-refractivity contribution in [3.8, 4) is 0 Å². The molecule has 0 bridgehead atoms. The van der Waals surface area contributed by atoms with Crippen LogP contribution in [0.4, 0.5) is 0 Å². The molecule has 2 rings (SSSR count). The van der Waals surface area contributed by atoms with Gasteiger partial charge in [-0.1, -0.05) is 0 Å². The molecule has 0 aromatic carbocycles. The van der Waals surface area contributed by atoms with Crippen molar-refractivity contribution >= 4 is 11.9 Å². The SMILES string of the molecule is Cc1cc(C(=O)N[C@@H]2CC[C@H](C(=O)O)C2)c(C)o1. The van der Waals surface area contributed by atoms with Gasteiger partial charge >= 0.3 is 5.97 Å². The van der Waals surface area contributed by atoms with E-state index in [1.165, 1.54) is 0 Å². The number of hydrogen-bond donors (Lipinski definition) is 2. The molecule has 18 heavy (non-hydrogen) atoms. The van der Waals surface area contributed by atoms with Crippen LogP contribution in [0.5, 0.6) is 0 Å². The van der Waals surface area contributed by atoms with Crippen molar-refractivity contribution < 1.29 is 19.1 Å². The first-order chi connectivity index (χ1) is 8.47. The minimum Gasteiger partial charge on any atom is -0.481 e. The number of rotatable bonds is 3. The number of carbonyl (C=O) groups is 2. The molecule has 0 radical (unpaired) electrons. The summed E-state index contributed by atoms with van der Waals surface area (Å²) < 4.78 is 5.30. The van der Waals surface area contributed by atoms with E-state index in [2.05, 4.69) is 5.32 Å². The Morgan fingerprint density at radius 3 is 2.61 bits per heavy atom. The molecule has 1 aliphatic carbocycles.